The number of fused-ring (bicyclic) bond motifs is 2. The molecule has 0 saturated carbocycles. The van der Waals surface area contributed by atoms with Gasteiger partial charge in [0.2, 0.25) is 12.7 Å². The third-order valence-corrected chi connectivity index (χ3v) is 5.69. The molecule has 1 aliphatic heterocycles. The third-order valence-electron chi connectivity index (χ3n) is 5.69. The molecular weight excluding hydrogens is 388 g/mol. The topological polar surface area (TPSA) is 54.6 Å². The highest BCUT2D eigenvalue weighted by atomic mass is 16.7. The molecule has 5 nitrogen and oxygen atoms in total. The predicted molar refractivity (Wildman–Crippen MR) is 120 cm³/mol. The SMILES string of the molecule is O=C(Cc1ccc2c(c1)OCO2)N(CCc1c[nH]c2ccccc12)Cc1ccccc1. The molecule has 1 aromatic heterocycles. The zero-order valence-corrected chi connectivity index (χ0v) is 17.2. The Kier molecular flexibility index (Phi) is 5.31. The molecule has 0 aliphatic carbocycles. The Balaban J connectivity index is 1.33. The normalized spacial score (nSPS) is 12.3. The van der Waals surface area contributed by atoms with Crippen LogP contribution in [0.1, 0.15) is 16.7 Å². The summed E-state index contributed by atoms with van der Waals surface area (Å²) >= 11 is 0. The minimum Gasteiger partial charge on any atom is -0.454 e. The van der Waals surface area contributed by atoms with Gasteiger partial charge in [-0.15, -0.1) is 0 Å². The lowest BCUT2D eigenvalue weighted by Gasteiger charge is -2.23. The zero-order valence-electron chi connectivity index (χ0n) is 17.2. The van der Waals surface area contributed by atoms with Crippen LogP contribution in [0.5, 0.6) is 11.5 Å². The van der Waals surface area contributed by atoms with Crippen LogP contribution in [0, 0.1) is 0 Å². The average molecular weight is 412 g/mol. The molecule has 3 aromatic carbocycles. The first kappa shape index (κ1) is 19.2. The highest BCUT2D eigenvalue weighted by Crippen LogP contribution is 2.32. The largest absolute Gasteiger partial charge is 0.454 e. The molecule has 0 bridgehead atoms. The van der Waals surface area contributed by atoms with Gasteiger partial charge in [-0.05, 0) is 41.3 Å². The summed E-state index contributed by atoms with van der Waals surface area (Å²) in [6.45, 7) is 1.48. The van der Waals surface area contributed by atoms with Gasteiger partial charge >= 0.3 is 0 Å². The summed E-state index contributed by atoms with van der Waals surface area (Å²) in [6, 6.07) is 24.1. The van der Waals surface area contributed by atoms with Gasteiger partial charge in [0.05, 0.1) is 6.42 Å². The summed E-state index contributed by atoms with van der Waals surface area (Å²) in [5.74, 6) is 1.54. The van der Waals surface area contributed by atoms with E-state index in [1.54, 1.807) is 0 Å². The molecule has 2 heterocycles. The molecule has 0 radical (unpaired) electrons. The second-order valence-corrected chi connectivity index (χ2v) is 7.77. The van der Waals surface area contributed by atoms with Gasteiger partial charge < -0.3 is 19.4 Å². The first-order chi connectivity index (χ1) is 15.3. The van der Waals surface area contributed by atoms with Crippen molar-refractivity contribution in [2.24, 2.45) is 0 Å². The molecule has 5 rings (SSSR count). The van der Waals surface area contributed by atoms with Gasteiger partial charge in [-0.1, -0.05) is 54.6 Å². The summed E-state index contributed by atoms with van der Waals surface area (Å²) in [5.41, 5.74) is 4.41. The highest BCUT2D eigenvalue weighted by molar-refractivity contribution is 5.83. The standard InChI is InChI=1S/C26H24N2O3/c29-26(15-20-10-11-24-25(14-20)31-18-30-24)28(17-19-6-2-1-3-7-19)13-12-21-16-27-23-9-5-4-8-22(21)23/h1-11,14,16,27H,12-13,15,17-18H2. The summed E-state index contributed by atoms with van der Waals surface area (Å²) in [7, 11) is 0. The molecule has 156 valence electrons. The number of carbonyl (C=O) groups excluding carboxylic acids is 1. The average Bonchev–Trinajstić information content (AvgIpc) is 3.44. The lowest BCUT2D eigenvalue weighted by molar-refractivity contribution is -0.131. The van der Waals surface area contributed by atoms with Crippen LogP contribution in [-0.4, -0.2) is 29.1 Å². The number of nitrogens with one attached hydrogen (secondary N) is 1. The van der Waals surface area contributed by atoms with E-state index in [1.807, 2.05) is 59.6 Å². The number of ether oxygens (including phenoxy) is 2. The number of nitrogens with zero attached hydrogens (tertiary/aromatic N) is 1. The van der Waals surface area contributed by atoms with E-state index >= 15 is 0 Å². The molecule has 0 atom stereocenters. The maximum absolute atomic E-state index is 13.3. The molecule has 0 fully saturated rings. The zero-order chi connectivity index (χ0) is 21.0. The molecule has 0 saturated heterocycles. The van der Waals surface area contributed by atoms with Gasteiger partial charge in [0.1, 0.15) is 0 Å². The van der Waals surface area contributed by atoms with Crippen LogP contribution < -0.4 is 9.47 Å². The van der Waals surface area contributed by atoms with E-state index in [2.05, 4.69) is 29.2 Å². The van der Waals surface area contributed by atoms with E-state index in [1.165, 1.54) is 10.9 Å². The van der Waals surface area contributed by atoms with Crippen molar-refractivity contribution in [3.8, 4) is 11.5 Å². The Morgan fingerprint density at radius 1 is 0.903 bits per heavy atom. The molecule has 0 spiro atoms. The van der Waals surface area contributed by atoms with Gasteiger partial charge in [0.25, 0.3) is 0 Å². The Morgan fingerprint density at radius 2 is 1.71 bits per heavy atom. The number of H-pyrrole nitrogens is 1. The summed E-state index contributed by atoms with van der Waals surface area (Å²) in [6.07, 6.45) is 3.18. The molecule has 31 heavy (non-hydrogen) atoms. The van der Waals surface area contributed by atoms with Crippen LogP contribution in [-0.2, 0) is 24.2 Å². The van der Waals surface area contributed by atoms with Gasteiger partial charge in [-0.25, -0.2) is 0 Å². The molecule has 1 aliphatic rings. The Morgan fingerprint density at radius 3 is 2.61 bits per heavy atom. The summed E-state index contributed by atoms with van der Waals surface area (Å²) in [4.78, 5) is 18.6. The second kappa shape index (κ2) is 8.56. The van der Waals surface area contributed by atoms with Crippen molar-refractivity contribution in [2.75, 3.05) is 13.3 Å². The van der Waals surface area contributed by atoms with Gasteiger partial charge in [0.15, 0.2) is 11.5 Å². The van der Waals surface area contributed by atoms with Crippen molar-refractivity contribution in [1.82, 2.24) is 9.88 Å². The Bertz CT molecular complexity index is 1200. The quantitative estimate of drug-likeness (QED) is 0.478. The van der Waals surface area contributed by atoms with Crippen molar-refractivity contribution in [3.05, 3.63) is 95.7 Å². The van der Waals surface area contributed by atoms with Crippen molar-refractivity contribution >= 4 is 16.8 Å². The van der Waals surface area contributed by atoms with E-state index in [9.17, 15) is 4.79 Å². The van der Waals surface area contributed by atoms with Crippen molar-refractivity contribution in [3.63, 3.8) is 0 Å². The number of hydrogen-bond acceptors (Lipinski definition) is 3. The van der Waals surface area contributed by atoms with Crippen LogP contribution >= 0.6 is 0 Å². The molecule has 1 N–H and O–H groups in total. The Labute approximate surface area is 181 Å². The number of aromatic nitrogens is 1. The van der Waals surface area contributed by atoms with E-state index in [0.717, 1.165) is 28.8 Å². The number of para-hydroxylation sites is 1. The smallest absolute Gasteiger partial charge is 0.231 e. The maximum Gasteiger partial charge on any atom is 0.231 e. The maximum atomic E-state index is 13.3. The second-order valence-electron chi connectivity index (χ2n) is 7.77. The first-order valence-electron chi connectivity index (χ1n) is 10.5. The van der Waals surface area contributed by atoms with Crippen LogP contribution in [0.2, 0.25) is 0 Å². The fourth-order valence-electron chi connectivity index (χ4n) is 4.03. The number of amides is 1. The fraction of sp³-hybridized carbons (Fsp3) is 0.192. The number of rotatable bonds is 7. The minimum atomic E-state index is 0.0996. The monoisotopic (exact) mass is 412 g/mol. The van der Waals surface area contributed by atoms with Crippen LogP contribution in [0.15, 0.2) is 79.0 Å². The van der Waals surface area contributed by atoms with Crippen molar-refractivity contribution < 1.29 is 14.3 Å². The molecular formula is C26H24N2O3. The number of benzene rings is 3. The lowest BCUT2D eigenvalue weighted by atomic mass is 10.1. The predicted octanol–water partition coefficient (Wildman–Crippen LogP) is 4.71. The molecule has 4 aromatic rings. The van der Waals surface area contributed by atoms with Gasteiger partial charge in [0, 0.05) is 30.2 Å². The number of hydrogen-bond donors (Lipinski definition) is 1. The Hall–Kier alpha value is -3.73. The third kappa shape index (κ3) is 4.26. The summed E-state index contributed by atoms with van der Waals surface area (Å²) < 4.78 is 10.8. The number of aromatic amines is 1. The van der Waals surface area contributed by atoms with E-state index in [4.69, 9.17) is 9.47 Å². The van der Waals surface area contributed by atoms with Crippen molar-refractivity contribution in [2.45, 2.75) is 19.4 Å². The number of carbonyl (C=O) groups is 1. The summed E-state index contributed by atoms with van der Waals surface area (Å²) in [5, 5.41) is 1.21. The minimum absolute atomic E-state index is 0.0996. The first-order valence-corrected chi connectivity index (χ1v) is 10.5. The van der Waals surface area contributed by atoms with E-state index in [0.29, 0.717) is 25.3 Å². The lowest BCUT2D eigenvalue weighted by Crippen LogP contribution is -2.33. The van der Waals surface area contributed by atoms with Crippen LogP contribution in [0.25, 0.3) is 10.9 Å². The van der Waals surface area contributed by atoms with Crippen LogP contribution in [0.4, 0.5) is 0 Å². The van der Waals surface area contributed by atoms with Gasteiger partial charge in [-0.2, -0.15) is 0 Å². The van der Waals surface area contributed by atoms with Crippen LogP contribution in [0.3, 0.4) is 0 Å². The molecule has 0 unspecified atom stereocenters. The molecule has 1 amide bonds. The van der Waals surface area contributed by atoms with E-state index in [-0.39, 0.29) is 12.7 Å². The highest BCUT2D eigenvalue weighted by Gasteiger charge is 2.18. The molecule has 5 heteroatoms. The van der Waals surface area contributed by atoms with E-state index < -0.39 is 0 Å². The van der Waals surface area contributed by atoms with Gasteiger partial charge in [-0.3, -0.25) is 4.79 Å². The fourth-order valence-corrected chi connectivity index (χ4v) is 4.03. The van der Waals surface area contributed by atoms with Crippen molar-refractivity contribution in [1.29, 1.82) is 0 Å².